The summed E-state index contributed by atoms with van der Waals surface area (Å²) in [7, 11) is 1.59. The van der Waals surface area contributed by atoms with E-state index in [-0.39, 0.29) is 24.5 Å². The lowest BCUT2D eigenvalue weighted by Gasteiger charge is -2.13. The highest BCUT2D eigenvalue weighted by atomic mass is 35.5. The standard InChI is InChI=1S/C12H15NO4.ClH/c1-3-16-10-5-4-8(6-11(10)15-2)9-7-17-12(14)13-9;/h4-6,9H,3,7H2,1-2H3,(H,13,14);1H/t9-;/m1./s1. The Bertz CT molecular complexity index is 425. The number of benzene rings is 1. The molecule has 1 heterocycles. The van der Waals surface area contributed by atoms with Crippen molar-refractivity contribution < 1.29 is 19.0 Å². The van der Waals surface area contributed by atoms with Gasteiger partial charge in [-0.15, -0.1) is 12.4 Å². The van der Waals surface area contributed by atoms with Crippen molar-refractivity contribution >= 4 is 18.5 Å². The number of hydrogen-bond acceptors (Lipinski definition) is 4. The summed E-state index contributed by atoms with van der Waals surface area (Å²) in [5.74, 6) is 1.36. The molecular formula is C12H16ClNO4. The summed E-state index contributed by atoms with van der Waals surface area (Å²) in [6, 6.07) is 5.46. The molecule has 0 spiro atoms. The molecule has 100 valence electrons. The Morgan fingerprint density at radius 1 is 1.44 bits per heavy atom. The van der Waals surface area contributed by atoms with Gasteiger partial charge in [0, 0.05) is 0 Å². The lowest BCUT2D eigenvalue weighted by molar-refractivity contribution is 0.177. The molecule has 1 N–H and O–H groups in total. The van der Waals surface area contributed by atoms with Gasteiger partial charge in [-0.25, -0.2) is 4.79 Å². The minimum absolute atomic E-state index is 0. The third kappa shape index (κ3) is 2.98. The molecule has 6 heteroatoms. The molecule has 1 fully saturated rings. The van der Waals surface area contributed by atoms with Gasteiger partial charge >= 0.3 is 6.09 Å². The van der Waals surface area contributed by atoms with Crippen LogP contribution in [-0.2, 0) is 4.74 Å². The average Bonchev–Trinajstić information content (AvgIpc) is 2.77. The molecule has 0 saturated carbocycles. The van der Waals surface area contributed by atoms with E-state index >= 15 is 0 Å². The van der Waals surface area contributed by atoms with Gasteiger partial charge in [0.25, 0.3) is 0 Å². The smallest absolute Gasteiger partial charge is 0.407 e. The molecule has 1 aromatic carbocycles. The van der Waals surface area contributed by atoms with Crippen LogP contribution in [0.2, 0.25) is 0 Å². The highest BCUT2D eigenvalue weighted by Gasteiger charge is 2.24. The molecule has 0 radical (unpaired) electrons. The van der Waals surface area contributed by atoms with Crippen LogP contribution in [0.4, 0.5) is 4.79 Å². The Balaban J connectivity index is 0.00000162. The van der Waals surface area contributed by atoms with E-state index in [0.717, 1.165) is 5.56 Å². The molecule has 0 aliphatic carbocycles. The molecule has 1 aromatic rings. The molecule has 1 saturated heterocycles. The Morgan fingerprint density at radius 3 is 2.78 bits per heavy atom. The fourth-order valence-electron chi connectivity index (χ4n) is 1.74. The van der Waals surface area contributed by atoms with E-state index in [2.05, 4.69) is 5.32 Å². The fourth-order valence-corrected chi connectivity index (χ4v) is 1.74. The number of carbonyl (C=O) groups excluding carboxylic acids is 1. The van der Waals surface area contributed by atoms with Gasteiger partial charge in [-0.2, -0.15) is 0 Å². The predicted octanol–water partition coefficient (Wildman–Crippen LogP) is 2.30. The van der Waals surface area contributed by atoms with Crippen LogP contribution in [0.5, 0.6) is 11.5 Å². The average molecular weight is 274 g/mol. The number of rotatable bonds is 4. The molecule has 1 aliphatic heterocycles. The summed E-state index contributed by atoms with van der Waals surface area (Å²) in [5, 5.41) is 2.72. The van der Waals surface area contributed by atoms with Crippen molar-refractivity contribution in [1.82, 2.24) is 5.32 Å². The van der Waals surface area contributed by atoms with Crippen LogP contribution in [0, 0.1) is 0 Å². The minimum Gasteiger partial charge on any atom is -0.493 e. The molecule has 5 nitrogen and oxygen atoms in total. The van der Waals surface area contributed by atoms with Crippen LogP contribution in [0.25, 0.3) is 0 Å². The van der Waals surface area contributed by atoms with Crippen LogP contribution in [-0.4, -0.2) is 26.4 Å². The Labute approximate surface area is 112 Å². The first-order chi connectivity index (χ1) is 8.24. The SMILES string of the molecule is CCOc1ccc([C@H]2COC(=O)N2)cc1OC.Cl. The van der Waals surface area contributed by atoms with Gasteiger partial charge in [0.05, 0.1) is 19.8 Å². The molecular weight excluding hydrogens is 258 g/mol. The fraction of sp³-hybridized carbons (Fsp3) is 0.417. The maximum absolute atomic E-state index is 11.0. The van der Waals surface area contributed by atoms with Crippen molar-refractivity contribution in [3.8, 4) is 11.5 Å². The van der Waals surface area contributed by atoms with Gasteiger partial charge < -0.3 is 19.5 Å². The Kier molecular flexibility index (Phi) is 5.09. The van der Waals surface area contributed by atoms with Crippen molar-refractivity contribution in [2.24, 2.45) is 0 Å². The van der Waals surface area contributed by atoms with E-state index in [1.165, 1.54) is 0 Å². The number of hydrogen-bond donors (Lipinski definition) is 1. The number of carbonyl (C=O) groups is 1. The van der Waals surface area contributed by atoms with Gasteiger partial charge in [-0.1, -0.05) is 6.07 Å². The first-order valence-corrected chi connectivity index (χ1v) is 5.48. The molecule has 1 amide bonds. The molecule has 1 atom stereocenters. The summed E-state index contributed by atoms with van der Waals surface area (Å²) in [4.78, 5) is 11.0. The highest BCUT2D eigenvalue weighted by Crippen LogP contribution is 2.31. The maximum Gasteiger partial charge on any atom is 0.407 e. The second-order valence-electron chi connectivity index (χ2n) is 3.64. The lowest BCUT2D eigenvalue weighted by Crippen LogP contribution is -2.18. The predicted molar refractivity (Wildman–Crippen MR) is 68.6 cm³/mol. The van der Waals surface area contributed by atoms with Crippen molar-refractivity contribution in [3.05, 3.63) is 23.8 Å². The Morgan fingerprint density at radius 2 is 2.22 bits per heavy atom. The van der Waals surface area contributed by atoms with Crippen molar-refractivity contribution in [2.45, 2.75) is 13.0 Å². The summed E-state index contributed by atoms with van der Waals surface area (Å²) in [6.07, 6.45) is -0.386. The first-order valence-electron chi connectivity index (χ1n) is 5.48. The summed E-state index contributed by atoms with van der Waals surface area (Å²) in [5.41, 5.74) is 0.941. The highest BCUT2D eigenvalue weighted by molar-refractivity contribution is 5.85. The molecule has 1 aliphatic rings. The number of cyclic esters (lactones) is 1. The second-order valence-corrected chi connectivity index (χ2v) is 3.64. The molecule has 18 heavy (non-hydrogen) atoms. The van der Waals surface area contributed by atoms with E-state index in [1.807, 2.05) is 25.1 Å². The molecule has 0 unspecified atom stereocenters. The zero-order chi connectivity index (χ0) is 12.3. The molecule has 0 aromatic heterocycles. The van der Waals surface area contributed by atoms with Crippen LogP contribution < -0.4 is 14.8 Å². The van der Waals surface area contributed by atoms with Crippen LogP contribution in [0.15, 0.2) is 18.2 Å². The summed E-state index contributed by atoms with van der Waals surface area (Å²) in [6.45, 7) is 2.84. The zero-order valence-electron chi connectivity index (χ0n) is 10.3. The zero-order valence-corrected chi connectivity index (χ0v) is 11.1. The normalized spacial score (nSPS) is 17.4. The number of alkyl carbamates (subject to hydrolysis) is 1. The molecule has 0 bridgehead atoms. The van der Waals surface area contributed by atoms with E-state index in [9.17, 15) is 4.79 Å². The third-order valence-electron chi connectivity index (χ3n) is 2.56. The lowest BCUT2D eigenvalue weighted by atomic mass is 10.1. The van der Waals surface area contributed by atoms with Crippen molar-refractivity contribution in [2.75, 3.05) is 20.3 Å². The van der Waals surface area contributed by atoms with Gasteiger partial charge in [0.1, 0.15) is 6.61 Å². The van der Waals surface area contributed by atoms with Gasteiger partial charge in [-0.05, 0) is 24.6 Å². The number of halogens is 1. The van der Waals surface area contributed by atoms with Gasteiger partial charge in [0.2, 0.25) is 0 Å². The molecule has 2 rings (SSSR count). The van der Waals surface area contributed by atoms with Crippen molar-refractivity contribution in [1.29, 1.82) is 0 Å². The Hall–Kier alpha value is -1.62. The summed E-state index contributed by atoms with van der Waals surface area (Å²) < 4.78 is 15.5. The number of methoxy groups -OCH3 is 1. The topological polar surface area (TPSA) is 56.8 Å². The minimum atomic E-state index is -0.386. The largest absolute Gasteiger partial charge is 0.493 e. The quantitative estimate of drug-likeness (QED) is 0.914. The summed E-state index contributed by atoms with van der Waals surface area (Å²) >= 11 is 0. The second kappa shape index (κ2) is 6.35. The van der Waals surface area contributed by atoms with Gasteiger partial charge in [-0.3, -0.25) is 0 Å². The maximum atomic E-state index is 11.0. The number of nitrogens with one attached hydrogen (secondary N) is 1. The van der Waals surface area contributed by atoms with Crippen LogP contribution in [0.1, 0.15) is 18.5 Å². The van der Waals surface area contributed by atoms with Crippen molar-refractivity contribution in [3.63, 3.8) is 0 Å². The monoisotopic (exact) mass is 273 g/mol. The van der Waals surface area contributed by atoms with Crippen LogP contribution >= 0.6 is 12.4 Å². The first kappa shape index (κ1) is 14.4. The number of ether oxygens (including phenoxy) is 3. The third-order valence-corrected chi connectivity index (χ3v) is 2.56. The van der Waals surface area contributed by atoms with E-state index in [1.54, 1.807) is 7.11 Å². The van der Waals surface area contributed by atoms with E-state index in [4.69, 9.17) is 14.2 Å². The number of amides is 1. The van der Waals surface area contributed by atoms with Crippen LogP contribution in [0.3, 0.4) is 0 Å². The van der Waals surface area contributed by atoms with E-state index in [0.29, 0.717) is 24.7 Å². The van der Waals surface area contributed by atoms with E-state index < -0.39 is 0 Å². The van der Waals surface area contributed by atoms with Gasteiger partial charge in [0.15, 0.2) is 11.5 Å².